The van der Waals surface area contributed by atoms with Crippen molar-refractivity contribution >= 4 is 15.9 Å². The Balaban J connectivity index is 2.22. The number of hydrogen-bond donors (Lipinski definition) is 2. The summed E-state index contributed by atoms with van der Waals surface area (Å²) in [5.41, 5.74) is 5.44. The smallest absolute Gasteiger partial charge is 0.248 e. The number of sulfonamides is 1. The van der Waals surface area contributed by atoms with Crippen molar-refractivity contribution in [2.45, 2.75) is 23.8 Å². The molecule has 0 unspecified atom stereocenters. The summed E-state index contributed by atoms with van der Waals surface area (Å²) in [6.45, 7) is 1.65. The molecule has 6 nitrogen and oxygen atoms in total. The molecule has 0 aromatic heterocycles. The number of primary amides is 1. The molecular weight excluding hydrogens is 278 g/mol. The number of carbonyl (C=O) groups is 1. The molecule has 1 amide bonds. The van der Waals surface area contributed by atoms with Crippen LogP contribution in [0, 0.1) is 0 Å². The molecule has 3 N–H and O–H groups in total. The van der Waals surface area contributed by atoms with Gasteiger partial charge in [-0.1, -0.05) is 0 Å². The second kappa shape index (κ2) is 5.90. The van der Waals surface area contributed by atoms with Crippen molar-refractivity contribution in [2.75, 3.05) is 20.1 Å². The van der Waals surface area contributed by atoms with Crippen LogP contribution in [0.15, 0.2) is 29.2 Å². The first-order chi connectivity index (χ1) is 9.43. The predicted molar refractivity (Wildman–Crippen MR) is 75.8 cm³/mol. The zero-order chi connectivity index (χ0) is 14.8. The molecule has 1 aromatic rings. The first-order valence-corrected chi connectivity index (χ1v) is 7.95. The minimum absolute atomic E-state index is 0.0112. The molecule has 0 bridgehead atoms. The maximum absolute atomic E-state index is 12.5. The van der Waals surface area contributed by atoms with E-state index in [0.717, 1.165) is 25.9 Å². The number of rotatable bonds is 4. The third kappa shape index (κ3) is 3.00. The van der Waals surface area contributed by atoms with Gasteiger partial charge in [-0.2, -0.15) is 4.31 Å². The summed E-state index contributed by atoms with van der Waals surface area (Å²) >= 11 is 0. The third-order valence-electron chi connectivity index (χ3n) is 3.64. The highest BCUT2D eigenvalue weighted by molar-refractivity contribution is 7.89. The number of amides is 1. The molecule has 2 rings (SSSR count). The van der Waals surface area contributed by atoms with Crippen molar-refractivity contribution in [3.05, 3.63) is 29.8 Å². The van der Waals surface area contributed by atoms with Gasteiger partial charge in [-0.15, -0.1) is 0 Å². The van der Waals surface area contributed by atoms with Gasteiger partial charge in [-0.25, -0.2) is 8.42 Å². The number of piperidine rings is 1. The molecule has 0 saturated carbocycles. The number of hydrogen-bond acceptors (Lipinski definition) is 4. The molecule has 0 radical (unpaired) electrons. The lowest BCUT2D eigenvalue weighted by molar-refractivity contribution is 0.1000. The van der Waals surface area contributed by atoms with Crippen molar-refractivity contribution in [3.8, 4) is 0 Å². The van der Waals surface area contributed by atoms with Crippen molar-refractivity contribution in [3.63, 3.8) is 0 Å². The first kappa shape index (κ1) is 15.0. The van der Waals surface area contributed by atoms with Crippen LogP contribution in [0.5, 0.6) is 0 Å². The first-order valence-electron chi connectivity index (χ1n) is 6.51. The van der Waals surface area contributed by atoms with Gasteiger partial charge in [-0.05, 0) is 50.2 Å². The van der Waals surface area contributed by atoms with Gasteiger partial charge in [0.05, 0.1) is 4.90 Å². The minimum atomic E-state index is -3.53. The monoisotopic (exact) mass is 297 g/mol. The summed E-state index contributed by atoms with van der Waals surface area (Å²) in [7, 11) is -1.92. The number of nitrogens with one attached hydrogen (secondary N) is 1. The lowest BCUT2D eigenvalue weighted by Gasteiger charge is -2.30. The summed E-state index contributed by atoms with van der Waals surface area (Å²) in [4.78, 5) is 11.2. The van der Waals surface area contributed by atoms with Crippen molar-refractivity contribution in [1.82, 2.24) is 9.62 Å². The van der Waals surface area contributed by atoms with Gasteiger partial charge in [0.25, 0.3) is 0 Å². The molecule has 1 aliphatic rings. The van der Waals surface area contributed by atoms with E-state index >= 15 is 0 Å². The lowest BCUT2D eigenvalue weighted by atomic mass is 10.1. The van der Waals surface area contributed by atoms with Crippen LogP contribution < -0.4 is 11.1 Å². The van der Waals surface area contributed by atoms with Gasteiger partial charge >= 0.3 is 0 Å². The van der Waals surface area contributed by atoms with E-state index < -0.39 is 15.9 Å². The summed E-state index contributed by atoms with van der Waals surface area (Å²) in [5, 5.41) is 3.21. The molecule has 1 aromatic carbocycles. The summed E-state index contributed by atoms with van der Waals surface area (Å²) in [6.07, 6.45) is 1.60. The predicted octanol–water partition coefficient (Wildman–Crippen LogP) is 0.158. The Hall–Kier alpha value is -1.44. The number of nitrogens with zero attached hydrogens (tertiary/aromatic N) is 1. The van der Waals surface area contributed by atoms with E-state index in [1.807, 2.05) is 0 Å². The second-order valence-electron chi connectivity index (χ2n) is 4.89. The van der Waals surface area contributed by atoms with Gasteiger partial charge in [0, 0.05) is 18.7 Å². The van der Waals surface area contributed by atoms with Crippen LogP contribution >= 0.6 is 0 Å². The quantitative estimate of drug-likeness (QED) is 0.828. The Labute approximate surface area is 119 Å². The van der Waals surface area contributed by atoms with E-state index in [-0.39, 0.29) is 10.9 Å². The van der Waals surface area contributed by atoms with E-state index in [0.29, 0.717) is 5.56 Å². The Bertz CT molecular complexity index is 577. The Morgan fingerprint density at radius 3 is 2.30 bits per heavy atom. The van der Waals surface area contributed by atoms with Crippen LogP contribution in [-0.4, -0.2) is 44.8 Å². The highest BCUT2D eigenvalue weighted by atomic mass is 32.2. The molecule has 1 fully saturated rings. The molecule has 0 spiro atoms. The lowest BCUT2D eigenvalue weighted by Crippen LogP contribution is -2.43. The van der Waals surface area contributed by atoms with Crippen LogP contribution in [0.2, 0.25) is 0 Å². The van der Waals surface area contributed by atoms with E-state index in [2.05, 4.69) is 5.32 Å². The number of carbonyl (C=O) groups excluding carboxylic acids is 1. The summed E-state index contributed by atoms with van der Waals surface area (Å²) < 4.78 is 26.4. The number of nitrogens with two attached hydrogens (primary N) is 1. The topological polar surface area (TPSA) is 92.5 Å². The average Bonchev–Trinajstić information content (AvgIpc) is 2.47. The molecule has 1 saturated heterocycles. The molecule has 110 valence electrons. The second-order valence-corrected chi connectivity index (χ2v) is 6.89. The van der Waals surface area contributed by atoms with Crippen LogP contribution in [0.1, 0.15) is 23.2 Å². The van der Waals surface area contributed by atoms with E-state index in [1.54, 1.807) is 7.05 Å². The van der Waals surface area contributed by atoms with Crippen LogP contribution in [0.3, 0.4) is 0 Å². The fourth-order valence-electron chi connectivity index (χ4n) is 2.32. The SMILES string of the molecule is CN(C1CCNCC1)S(=O)(=O)c1ccc(C(N)=O)cc1. The van der Waals surface area contributed by atoms with Crippen LogP contribution in [0.25, 0.3) is 0 Å². The van der Waals surface area contributed by atoms with E-state index in [9.17, 15) is 13.2 Å². The molecule has 0 aliphatic carbocycles. The van der Waals surface area contributed by atoms with E-state index in [1.165, 1.54) is 28.6 Å². The molecule has 1 aliphatic heterocycles. The maximum atomic E-state index is 12.5. The van der Waals surface area contributed by atoms with Crippen LogP contribution in [-0.2, 0) is 10.0 Å². The van der Waals surface area contributed by atoms with Crippen molar-refractivity contribution in [2.24, 2.45) is 5.73 Å². The summed E-state index contributed by atoms with van der Waals surface area (Å²) in [6, 6.07) is 5.73. The minimum Gasteiger partial charge on any atom is -0.366 e. The fourth-order valence-corrected chi connectivity index (χ4v) is 3.74. The highest BCUT2D eigenvalue weighted by Gasteiger charge is 2.28. The molecule has 1 heterocycles. The van der Waals surface area contributed by atoms with Gasteiger partial charge in [0.1, 0.15) is 0 Å². The zero-order valence-electron chi connectivity index (χ0n) is 11.4. The van der Waals surface area contributed by atoms with Crippen molar-refractivity contribution < 1.29 is 13.2 Å². The van der Waals surface area contributed by atoms with Crippen molar-refractivity contribution in [1.29, 1.82) is 0 Å². The fraction of sp³-hybridized carbons (Fsp3) is 0.462. The highest BCUT2D eigenvalue weighted by Crippen LogP contribution is 2.21. The summed E-state index contributed by atoms with van der Waals surface area (Å²) in [5.74, 6) is -0.569. The average molecular weight is 297 g/mol. The molecular formula is C13H19N3O3S. The third-order valence-corrected chi connectivity index (χ3v) is 5.56. The Morgan fingerprint density at radius 1 is 1.25 bits per heavy atom. The van der Waals surface area contributed by atoms with Gasteiger partial charge in [0.15, 0.2) is 0 Å². The maximum Gasteiger partial charge on any atom is 0.248 e. The Morgan fingerprint density at radius 2 is 1.80 bits per heavy atom. The largest absolute Gasteiger partial charge is 0.366 e. The van der Waals surface area contributed by atoms with E-state index in [4.69, 9.17) is 5.73 Å². The normalized spacial score (nSPS) is 17.3. The van der Waals surface area contributed by atoms with Gasteiger partial charge < -0.3 is 11.1 Å². The standard InChI is InChI=1S/C13H19N3O3S/c1-16(11-6-8-15-9-7-11)20(18,19)12-4-2-10(3-5-12)13(14)17/h2-5,11,15H,6-9H2,1H3,(H2,14,17). The molecule has 7 heteroatoms. The van der Waals surface area contributed by atoms with Gasteiger partial charge in [-0.3, -0.25) is 4.79 Å². The molecule has 20 heavy (non-hydrogen) atoms. The van der Waals surface area contributed by atoms with Gasteiger partial charge in [0.2, 0.25) is 15.9 Å². The zero-order valence-corrected chi connectivity index (χ0v) is 12.2. The number of benzene rings is 1. The Kier molecular flexibility index (Phi) is 4.42. The molecule has 0 atom stereocenters. The van der Waals surface area contributed by atoms with Crippen LogP contribution in [0.4, 0.5) is 0 Å².